The first-order valence-electron chi connectivity index (χ1n) is 8.83. The number of aromatic amines is 1. The fraction of sp³-hybridized carbons (Fsp3) is 0.190. The summed E-state index contributed by atoms with van der Waals surface area (Å²) in [6.45, 7) is 2.42. The van der Waals surface area contributed by atoms with Gasteiger partial charge in [-0.25, -0.2) is 5.43 Å². The van der Waals surface area contributed by atoms with Gasteiger partial charge in [0.1, 0.15) is 0 Å². The van der Waals surface area contributed by atoms with Gasteiger partial charge in [-0.1, -0.05) is 48.5 Å². The molecule has 27 heavy (non-hydrogen) atoms. The Hall–Kier alpha value is -3.41. The summed E-state index contributed by atoms with van der Waals surface area (Å²) in [7, 11) is 0. The number of nitrogens with one attached hydrogen (secondary N) is 3. The van der Waals surface area contributed by atoms with Crippen LogP contribution in [0.4, 0.5) is 0 Å². The zero-order valence-electron chi connectivity index (χ0n) is 15.2. The highest BCUT2D eigenvalue weighted by Crippen LogP contribution is 2.19. The summed E-state index contributed by atoms with van der Waals surface area (Å²) >= 11 is 0. The largest absolute Gasteiger partial charge is 0.358 e. The average Bonchev–Trinajstić information content (AvgIpc) is 3.01. The molecule has 0 aliphatic rings. The van der Waals surface area contributed by atoms with E-state index in [0.717, 1.165) is 27.7 Å². The lowest BCUT2D eigenvalue weighted by atomic mass is 10.1. The second kappa shape index (κ2) is 8.80. The number of hydrazone groups is 1. The van der Waals surface area contributed by atoms with Crippen molar-refractivity contribution in [1.82, 2.24) is 15.7 Å². The number of para-hydroxylation sites is 1. The van der Waals surface area contributed by atoms with Gasteiger partial charge in [0, 0.05) is 41.5 Å². The molecule has 6 nitrogen and oxygen atoms in total. The lowest BCUT2D eigenvalue weighted by Gasteiger charge is -2.04. The molecule has 0 radical (unpaired) electrons. The van der Waals surface area contributed by atoms with Crippen LogP contribution in [0.3, 0.4) is 0 Å². The number of aromatic nitrogens is 1. The van der Waals surface area contributed by atoms with E-state index in [1.807, 2.05) is 61.5 Å². The third-order valence-electron chi connectivity index (χ3n) is 4.24. The normalized spacial score (nSPS) is 11.0. The highest BCUT2D eigenvalue weighted by atomic mass is 16.2. The zero-order valence-corrected chi connectivity index (χ0v) is 15.2. The van der Waals surface area contributed by atoms with Crippen molar-refractivity contribution in [3.8, 4) is 0 Å². The molecule has 1 aromatic heterocycles. The maximum Gasteiger partial charge on any atom is 0.240 e. The molecule has 3 aromatic rings. The number of rotatable bonds is 7. The molecule has 0 bridgehead atoms. The van der Waals surface area contributed by atoms with Crippen molar-refractivity contribution in [2.75, 3.05) is 0 Å². The first-order valence-corrected chi connectivity index (χ1v) is 8.83. The van der Waals surface area contributed by atoms with Crippen LogP contribution in [0.2, 0.25) is 0 Å². The van der Waals surface area contributed by atoms with Gasteiger partial charge < -0.3 is 10.3 Å². The van der Waals surface area contributed by atoms with Crippen LogP contribution in [0.25, 0.3) is 10.9 Å². The molecule has 1 heterocycles. The third-order valence-corrected chi connectivity index (χ3v) is 4.24. The lowest BCUT2D eigenvalue weighted by molar-refractivity contribution is -0.126. The van der Waals surface area contributed by atoms with Crippen molar-refractivity contribution >= 4 is 28.9 Å². The minimum absolute atomic E-state index is 0.0881. The molecule has 6 heteroatoms. The standard InChI is InChI=1S/C21H22N4O2/c1-15-18(17-9-5-6-10-19(17)24-15)14-23-25-21(27)12-11-20(26)22-13-16-7-3-2-4-8-16/h2-10,14,24H,11-13H2,1H3,(H,22,26)(H,25,27)/b23-14-. The van der Waals surface area contributed by atoms with Crippen molar-refractivity contribution in [3.05, 3.63) is 71.4 Å². The van der Waals surface area contributed by atoms with E-state index in [1.165, 1.54) is 0 Å². The Morgan fingerprint density at radius 2 is 1.70 bits per heavy atom. The van der Waals surface area contributed by atoms with Gasteiger partial charge in [-0.15, -0.1) is 0 Å². The van der Waals surface area contributed by atoms with E-state index in [4.69, 9.17) is 0 Å². The Kier molecular flexibility index (Phi) is 5.99. The molecule has 0 aliphatic heterocycles. The second-order valence-corrected chi connectivity index (χ2v) is 6.26. The fourth-order valence-corrected chi connectivity index (χ4v) is 2.80. The van der Waals surface area contributed by atoms with Crippen LogP contribution in [-0.4, -0.2) is 23.0 Å². The molecule has 0 aliphatic carbocycles. The average molecular weight is 362 g/mol. The van der Waals surface area contributed by atoms with Crippen molar-refractivity contribution < 1.29 is 9.59 Å². The number of amides is 2. The van der Waals surface area contributed by atoms with Gasteiger partial charge in [0.05, 0.1) is 6.21 Å². The monoisotopic (exact) mass is 362 g/mol. The van der Waals surface area contributed by atoms with Crippen molar-refractivity contribution in [3.63, 3.8) is 0 Å². The number of H-pyrrole nitrogens is 1. The third kappa shape index (κ3) is 5.04. The SMILES string of the molecule is Cc1[nH]c2ccccc2c1/C=N\NC(=O)CCC(=O)NCc1ccccc1. The maximum atomic E-state index is 11.9. The van der Waals surface area contributed by atoms with Crippen LogP contribution >= 0.6 is 0 Å². The molecule has 0 fully saturated rings. The molecule has 0 spiro atoms. The van der Waals surface area contributed by atoms with Crippen LogP contribution in [0.15, 0.2) is 59.7 Å². The number of benzene rings is 2. The summed E-state index contributed by atoms with van der Waals surface area (Å²) < 4.78 is 0. The van der Waals surface area contributed by atoms with E-state index in [0.29, 0.717) is 6.54 Å². The minimum atomic E-state index is -0.293. The Labute approximate surface area is 157 Å². The highest BCUT2D eigenvalue weighted by molar-refractivity contribution is 6.00. The summed E-state index contributed by atoms with van der Waals surface area (Å²) in [6.07, 6.45) is 1.84. The molecule has 0 unspecified atom stereocenters. The lowest BCUT2D eigenvalue weighted by Crippen LogP contribution is -2.25. The summed E-state index contributed by atoms with van der Waals surface area (Å²) in [5.74, 6) is -0.455. The molecule has 3 N–H and O–H groups in total. The van der Waals surface area contributed by atoms with E-state index >= 15 is 0 Å². The van der Waals surface area contributed by atoms with E-state index in [9.17, 15) is 9.59 Å². The molecule has 0 atom stereocenters. The number of aryl methyl sites for hydroxylation is 1. The van der Waals surface area contributed by atoms with Crippen LogP contribution in [0.5, 0.6) is 0 Å². The number of nitrogens with zero attached hydrogens (tertiary/aromatic N) is 1. The van der Waals surface area contributed by atoms with Gasteiger partial charge in [-0.2, -0.15) is 5.10 Å². The maximum absolute atomic E-state index is 11.9. The first kappa shape index (κ1) is 18.4. The number of carbonyl (C=O) groups excluding carboxylic acids is 2. The molecule has 2 amide bonds. The quantitative estimate of drug-likeness (QED) is 0.446. The van der Waals surface area contributed by atoms with Crippen LogP contribution in [0.1, 0.15) is 29.7 Å². The van der Waals surface area contributed by atoms with Gasteiger partial charge in [0.25, 0.3) is 0 Å². The predicted octanol–water partition coefficient (Wildman–Crippen LogP) is 3.02. The van der Waals surface area contributed by atoms with Crippen molar-refractivity contribution in [2.24, 2.45) is 5.10 Å². The molecular formula is C21H22N4O2. The molecule has 0 saturated heterocycles. The van der Waals surface area contributed by atoms with E-state index in [1.54, 1.807) is 6.21 Å². The molecule has 0 saturated carbocycles. The summed E-state index contributed by atoms with van der Waals surface area (Å²) in [5, 5.41) is 7.87. The van der Waals surface area contributed by atoms with Gasteiger partial charge in [-0.3, -0.25) is 9.59 Å². The summed E-state index contributed by atoms with van der Waals surface area (Å²) in [6, 6.07) is 17.6. The Morgan fingerprint density at radius 3 is 2.52 bits per heavy atom. The van der Waals surface area contributed by atoms with Crippen molar-refractivity contribution in [1.29, 1.82) is 0 Å². The van der Waals surface area contributed by atoms with Crippen LogP contribution in [0, 0.1) is 6.92 Å². The smallest absolute Gasteiger partial charge is 0.240 e. The highest BCUT2D eigenvalue weighted by Gasteiger charge is 2.07. The topological polar surface area (TPSA) is 86.3 Å². The summed E-state index contributed by atoms with van der Waals surface area (Å²) in [5.41, 5.74) is 6.44. The second-order valence-electron chi connectivity index (χ2n) is 6.26. The van der Waals surface area contributed by atoms with E-state index in [-0.39, 0.29) is 24.7 Å². The van der Waals surface area contributed by atoms with Gasteiger partial charge in [-0.05, 0) is 18.6 Å². The first-order chi connectivity index (χ1) is 13.1. The molecule has 2 aromatic carbocycles. The predicted molar refractivity (Wildman–Crippen MR) is 106 cm³/mol. The Balaban J connectivity index is 1.44. The number of fused-ring (bicyclic) bond motifs is 1. The molecule has 3 rings (SSSR count). The Morgan fingerprint density at radius 1 is 1.00 bits per heavy atom. The molecular weight excluding hydrogens is 340 g/mol. The van der Waals surface area contributed by atoms with E-state index < -0.39 is 0 Å². The van der Waals surface area contributed by atoms with Crippen LogP contribution < -0.4 is 10.7 Å². The van der Waals surface area contributed by atoms with Gasteiger partial charge >= 0.3 is 0 Å². The fourth-order valence-electron chi connectivity index (χ4n) is 2.80. The summed E-state index contributed by atoms with van der Waals surface area (Å²) in [4.78, 5) is 27.0. The number of carbonyl (C=O) groups is 2. The minimum Gasteiger partial charge on any atom is -0.358 e. The number of hydrogen-bond donors (Lipinski definition) is 3. The van der Waals surface area contributed by atoms with Gasteiger partial charge in [0.15, 0.2) is 0 Å². The Bertz CT molecular complexity index is 961. The van der Waals surface area contributed by atoms with Crippen molar-refractivity contribution in [2.45, 2.75) is 26.3 Å². The number of hydrogen-bond acceptors (Lipinski definition) is 3. The van der Waals surface area contributed by atoms with E-state index in [2.05, 4.69) is 20.8 Å². The molecule has 138 valence electrons. The van der Waals surface area contributed by atoms with Gasteiger partial charge in [0.2, 0.25) is 11.8 Å². The zero-order chi connectivity index (χ0) is 19.1. The van der Waals surface area contributed by atoms with Crippen LogP contribution in [-0.2, 0) is 16.1 Å².